The van der Waals surface area contributed by atoms with Gasteiger partial charge in [0.2, 0.25) is 0 Å². The first kappa shape index (κ1) is 24.3. The summed E-state index contributed by atoms with van der Waals surface area (Å²) in [5.41, 5.74) is 3.92. The fraction of sp³-hybridized carbons (Fsp3) is 0.241. The third kappa shape index (κ3) is 6.40. The Kier molecular flexibility index (Phi) is 7.91. The average molecular weight is 490 g/mol. The lowest BCUT2D eigenvalue weighted by Gasteiger charge is -2.29. The Morgan fingerprint density at radius 1 is 0.971 bits per heavy atom. The number of fused-ring (bicyclic) bond motifs is 1. The number of carbonyl (C=O) groups is 1. The number of halogens is 1. The molecule has 0 fully saturated rings. The van der Waals surface area contributed by atoms with Gasteiger partial charge in [0.1, 0.15) is 12.4 Å². The summed E-state index contributed by atoms with van der Waals surface area (Å²) >= 11 is 10.1. The molecule has 0 aliphatic rings. The van der Waals surface area contributed by atoms with Crippen LogP contribution in [0.5, 0.6) is 5.75 Å². The van der Waals surface area contributed by atoms with Crippen LogP contribution in [0.3, 0.4) is 0 Å². The van der Waals surface area contributed by atoms with Gasteiger partial charge in [-0.25, -0.2) is 4.98 Å². The highest BCUT2D eigenvalue weighted by Gasteiger charge is 2.28. The molecule has 0 N–H and O–H groups in total. The van der Waals surface area contributed by atoms with Crippen molar-refractivity contribution in [2.24, 2.45) is 0 Å². The Hall–Kier alpha value is -2.82. The molecule has 0 amide bonds. The summed E-state index contributed by atoms with van der Waals surface area (Å²) in [5.74, 6) is 0.777. The lowest BCUT2D eigenvalue weighted by molar-refractivity contribution is -0.111. The molecular weight excluding hydrogens is 462 g/mol. The number of rotatable bonds is 10. The van der Waals surface area contributed by atoms with Crippen LogP contribution in [0.4, 0.5) is 0 Å². The third-order valence-corrected chi connectivity index (χ3v) is 6.65. The van der Waals surface area contributed by atoms with E-state index in [4.69, 9.17) is 16.3 Å². The highest BCUT2D eigenvalue weighted by molar-refractivity contribution is 7.96. The van der Waals surface area contributed by atoms with Crippen LogP contribution >= 0.6 is 24.2 Å². The van der Waals surface area contributed by atoms with Crippen LogP contribution in [0.1, 0.15) is 43.0 Å². The summed E-state index contributed by atoms with van der Waals surface area (Å²) < 4.78 is 5.98. The van der Waals surface area contributed by atoms with Gasteiger partial charge in [-0.2, -0.15) is 0 Å². The molecule has 0 radical (unpaired) electrons. The lowest BCUT2D eigenvalue weighted by atomic mass is 9.75. The minimum Gasteiger partial charge on any atom is -0.487 e. The van der Waals surface area contributed by atoms with Crippen molar-refractivity contribution in [3.05, 3.63) is 107 Å². The number of pyridine rings is 1. The maximum atomic E-state index is 11.9. The van der Waals surface area contributed by atoms with Crippen LogP contribution in [0.15, 0.2) is 84.9 Å². The van der Waals surface area contributed by atoms with E-state index in [-0.39, 0.29) is 10.5 Å². The maximum absolute atomic E-state index is 11.9. The fourth-order valence-electron chi connectivity index (χ4n) is 4.30. The first-order chi connectivity index (χ1) is 16.4. The number of aryl methyl sites for hydroxylation is 1. The van der Waals surface area contributed by atoms with E-state index in [1.807, 2.05) is 54.6 Å². The second-order valence-corrected chi connectivity index (χ2v) is 9.85. The topological polar surface area (TPSA) is 39.2 Å². The third-order valence-electron chi connectivity index (χ3n) is 6.24. The predicted molar refractivity (Wildman–Crippen MR) is 143 cm³/mol. The quantitative estimate of drug-likeness (QED) is 0.233. The molecule has 4 aromatic rings. The van der Waals surface area contributed by atoms with Gasteiger partial charge < -0.3 is 4.74 Å². The Labute approximate surface area is 211 Å². The minimum absolute atomic E-state index is 0.100. The molecule has 1 aromatic heterocycles. The first-order valence-corrected chi connectivity index (χ1v) is 12.3. The van der Waals surface area contributed by atoms with E-state index in [1.54, 1.807) is 0 Å². The van der Waals surface area contributed by atoms with Crippen LogP contribution in [-0.4, -0.2) is 10.1 Å². The van der Waals surface area contributed by atoms with E-state index in [0.717, 1.165) is 52.2 Å². The second kappa shape index (κ2) is 11.1. The van der Waals surface area contributed by atoms with Crippen molar-refractivity contribution >= 4 is 40.2 Å². The summed E-state index contributed by atoms with van der Waals surface area (Å²) in [4.78, 5) is 16.6. The Bertz CT molecular complexity index is 1260. The molecule has 0 spiro atoms. The lowest BCUT2D eigenvalue weighted by Crippen LogP contribution is -2.24. The van der Waals surface area contributed by atoms with Crippen molar-refractivity contribution in [3.63, 3.8) is 0 Å². The molecule has 0 aliphatic carbocycles. The van der Waals surface area contributed by atoms with E-state index in [2.05, 4.69) is 54.9 Å². The van der Waals surface area contributed by atoms with Gasteiger partial charge in [0.05, 0.1) is 11.2 Å². The Morgan fingerprint density at radius 2 is 1.71 bits per heavy atom. The molecule has 0 saturated carbocycles. The molecule has 0 bridgehead atoms. The minimum atomic E-state index is -0.288. The van der Waals surface area contributed by atoms with E-state index in [1.165, 1.54) is 5.56 Å². The molecule has 3 aromatic carbocycles. The average Bonchev–Trinajstić information content (AvgIpc) is 2.84. The van der Waals surface area contributed by atoms with Gasteiger partial charge >= 0.3 is 0 Å². The highest BCUT2D eigenvalue weighted by Crippen LogP contribution is 2.35. The molecule has 0 saturated heterocycles. The monoisotopic (exact) mass is 489 g/mol. The van der Waals surface area contributed by atoms with E-state index in [9.17, 15) is 4.79 Å². The summed E-state index contributed by atoms with van der Waals surface area (Å²) in [6.07, 6.45) is 3.17. The standard InChI is InChI=1S/C29H28ClNO2S/c1-29(19-28(32)34,18-4-5-21-8-13-24(30)14-9-21)23-11-16-26(17-12-23)33-20-25-15-10-22-6-2-3-7-27(22)31-25/h2-3,6-17H,4-5,18-20H2,1H3,(H,32,34). The molecule has 174 valence electrons. The zero-order chi connectivity index (χ0) is 24.0. The summed E-state index contributed by atoms with van der Waals surface area (Å²) in [6.45, 7) is 2.54. The van der Waals surface area contributed by atoms with Crippen molar-refractivity contribution in [2.45, 2.75) is 44.6 Å². The number of para-hydroxylation sites is 1. The molecule has 1 atom stereocenters. The van der Waals surface area contributed by atoms with Gasteiger partial charge in [-0.3, -0.25) is 4.79 Å². The Balaban J connectivity index is 1.40. The van der Waals surface area contributed by atoms with E-state index in [0.29, 0.717) is 13.0 Å². The number of aromatic nitrogens is 1. The number of hydrogen-bond acceptors (Lipinski definition) is 3. The van der Waals surface area contributed by atoms with Gasteiger partial charge in [-0.15, -0.1) is 12.6 Å². The first-order valence-electron chi connectivity index (χ1n) is 11.5. The maximum Gasteiger partial charge on any atom is 0.186 e. The van der Waals surface area contributed by atoms with E-state index >= 15 is 0 Å². The zero-order valence-electron chi connectivity index (χ0n) is 19.2. The molecule has 3 nitrogen and oxygen atoms in total. The fourth-order valence-corrected chi connectivity index (χ4v) is 4.78. The van der Waals surface area contributed by atoms with Gasteiger partial charge in [0, 0.05) is 22.2 Å². The second-order valence-electron chi connectivity index (χ2n) is 8.92. The summed E-state index contributed by atoms with van der Waals surface area (Å²) in [5, 5.41) is 1.76. The van der Waals surface area contributed by atoms with Crippen molar-refractivity contribution < 1.29 is 9.53 Å². The van der Waals surface area contributed by atoms with Crippen LogP contribution < -0.4 is 4.74 Å². The van der Waals surface area contributed by atoms with Crippen molar-refractivity contribution in [1.29, 1.82) is 0 Å². The number of carbonyl (C=O) groups excluding carboxylic acids is 1. The van der Waals surface area contributed by atoms with Gasteiger partial charge in [-0.1, -0.05) is 67.1 Å². The number of nitrogens with zero attached hydrogens (tertiary/aromatic N) is 1. The molecule has 0 aliphatic heterocycles. The van der Waals surface area contributed by atoms with Gasteiger partial charge in [-0.05, 0) is 66.8 Å². The summed E-state index contributed by atoms with van der Waals surface area (Å²) in [7, 11) is 0. The molecule has 5 heteroatoms. The van der Waals surface area contributed by atoms with Gasteiger partial charge in [0.15, 0.2) is 5.12 Å². The van der Waals surface area contributed by atoms with Crippen molar-refractivity contribution in [2.75, 3.05) is 0 Å². The highest BCUT2D eigenvalue weighted by atomic mass is 35.5. The van der Waals surface area contributed by atoms with Crippen molar-refractivity contribution in [3.8, 4) is 5.75 Å². The number of thiol groups is 1. The smallest absolute Gasteiger partial charge is 0.186 e. The van der Waals surface area contributed by atoms with Gasteiger partial charge in [0.25, 0.3) is 0 Å². The molecular formula is C29H28ClNO2S. The van der Waals surface area contributed by atoms with Crippen LogP contribution in [0, 0.1) is 0 Å². The van der Waals surface area contributed by atoms with Crippen LogP contribution in [0.25, 0.3) is 10.9 Å². The van der Waals surface area contributed by atoms with Crippen LogP contribution in [-0.2, 0) is 23.2 Å². The molecule has 4 rings (SSSR count). The molecule has 1 unspecified atom stereocenters. The van der Waals surface area contributed by atoms with Crippen molar-refractivity contribution in [1.82, 2.24) is 4.98 Å². The number of hydrogen-bond donors (Lipinski definition) is 1. The summed E-state index contributed by atoms with van der Waals surface area (Å²) in [6, 6.07) is 28.1. The zero-order valence-corrected chi connectivity index (χ0v) is 20.9. The predicted octanol–water partition coefficient (Wildman–Crippen LogP) is 7.59. The normalized spacial score (nSPS) is 12.9. The SMILES string of the molecule is CC(CCCc1ccc(Cl)cc1)(CC(=O)S)c1ccc(OCc2ccc3ccccc3n2)cc1. The largest absolute Gasteiger partial charge is 0.487 e. The molecule has 34 heavy (non-hydrogen) atoms. The van der Waals surface area contributed by atoms with Crippen LogP contribution in [0.2, 0.25) is 5.02 Å². The number of benzene rings is 3. The number of ether oxygens (including phenoxy) is 1. The van der Waals surface area contributed by atoms with E-state index < -0.39 is 0 Å². The Morgan fingerprint density at radius 3 is 2.44 bits per heavy atom. The molecule has 1 heterocycles.